The second-order valence-electron chi connectivity index (χ2n) is 3.59. The number of nitriles is 1. The highest BCUT2D eigenvalue weighted by atomic mass is 35.5. The lowest BCUT2D eigenvalue weighted by molar-refractivity contribution is -0.0726. The summed E-state index contributed by atoms with van der Waals surface area (Å²) in [6, 6.07) is 2.03. The summed E-state index contributed by atoms with van der Waals surface area (Å²) in [5, 5.41) is 18.5. The maximum atomic E-state index is 9.77. The van der Waals surface area contributed by atoms with Gasteiger partial charge in [0, 0.05) is 12.5 Å². The van der Waals surface area contributed by atoms with Crippen LogP contribution in [0.15, 0.2) is 0 Å². The van der Waals surface area contributed by atoms with Gasteiger partial charge >= 0.3 is 0 Å². The van der Waals surface area contributed by atoms with Gasteiger partial charge in [-0.2, -0.15) is 5.26 Å². The first-order chi connectivity index (χ1) is 5.24. The molecule has 68 valence electrons. The summed E-state index contributed by atoms with van der Waals surface area (Å²) in [7, 11) is 0. The molecule has 0 radical (unpaired) electrons. The Morgan fingerprint density at radius 2 is 2.00 bits per heavy atom. The van der Waals surface area contributed by atoms with Crippen molar-refractivity contribution in [3.63, 3.8) is 0 Å². The Kier molecular flexibility index (Phi) is 2.62. The first-order valence-electron chi connectivity index (χ1n) is 4.10. The minimum Gasteiger partial charge on any atom is -0.374 e. The maximum Gasteiger partial charge on any atom is 0.166 e. The SMILES string of the molecule is Cl.N#CC1(O)CN2CCC1CC2. The van der Waals surface area contributed by atoms with E-state index >= 15 is 0 Å². The van der Waals surface area contributed by atoms with Gasteiger partial charge in [0.25, 0.3) is 0 Å². The molecule has 3 saturated heterocycles. The van der Waals surface area contributed by atoms with Gasteiger partial charge in [0.15, 0.2) is 5.60 Å². The molecule has 4 heteroatoms. The second-order valence-corrected chi connectivity index (χ2v) is 3.59. The molecular formula is C8H13ClN2O. The van der Waals surface area contributed by atoms with Crippen LogP contribution in [0.3, 0.4) is 0 Å². The molecule has 3 aliphatic heterocycles. The zero-order chi connectivity index (χ0) is 7.90. The Morgan fingerprint density at radius 3 is 2.25 bits per heavy atom. The quantitative estimate of drug-likeness (QED) is 0.560. The number of fused-ring (bicyclic) bond motifs is 3. The van der Waals surface area contributed by atoms with Crippen molar-refractivity contribution in [2.24, 2.45) is 5.92 Å². The molecule has 1 N–H and O–H groups in total. The molecule has 3 aliphatic rings. The van der Waals surface area contributed by atoms with Crippen LogP contribution in [0.2, 0.25) is 0 Å². The Hall–Kier alpha value is -0.300. The normalized spacial score (nSPS) is 44.7. The average molecular weight is 189 g/mol. The van der Waals surface area contributed by atoms with Gasteiger partial charge in [-0.15, -0.1) is 12.4 Å². The third kappa shape index (κ3) is 1.31. The number of hydrogen-bond acceptors (Lipinski definition) is 3. The highest BCUT2D eigenvalue weighted by Gasteiger charge is 2.45. The molecule has 12 heavy (non-hydrogen) atoms. The minimum atomic E-state index is -1.03. The predicted octanol–water partition coefficient (Wildman–Crippen LogP) is 0.388. The van der Waals surface area contributed by atoms with E-state index in [4.69, 9.17) is 5.26 Å². The van der Waals surface area contributed by atoms with Crippen LogP contribution < -0.4 is 0 Å². The van der Waals surface area contributed by atoms with Crippen molar-refractivity contribution in [1.29, 1.82) is 5.26 Å². The molecule has 2 bridgehead atoms. The molecule has 1 atom stereocenters. The third-order valence-electron chi connectivity index (χ3n) is 2.92. The molecule has 3 heterocycles. The van der Waals surface area contributed by atoms with Gasteiger partial charge in [-0.05, 0) is 25.9 Å². The number of aliphatic hydroxyl groups is 1. The molecule has 0 aliphatic carbocycles. The predicted molar refractivity (Wildman–Crippen MR) is 47.0 cm³/mol. The summed E-state index contributed by atoms with van der Waals surface area (Å²) < 4.78 is 0. The molecular weight excluding hydrogens is 176 g/mol. The summed E-state index contributed by atoms with van der Waals surface area (Å²) in [6.07, 6.45) is 1.98. The lowest BCUT2D eigenvalue weighted by atomic mass is 9.76. The first-order valence-corrected chi connectivity index (χ1v) is 4.10. The lowest BCUT2D eigenvalue weighted by Gasteiger charge is -2.46. The largest absolute Gasteiger partial charge is 0.374 e. The Morgan fingerprint density at radius 1 is 1.42 bits per heavy atom. The fraction of sp³-hybridized carbons (Fsp3) is 0.875. The van der Waals surface area contributed by atoms with Gasteiger partial charge < -0.3 is 5.11 Å². The molecule has 0 aromatic heterocycles. The molecule has 0 aromatic carbocycles. The molecule has 3 fully saturated rings. The smallest absolute Gasteiger partial charge is 0.166 e. The standard InChI is InChI=1S/C8H12N2O.ClH/c9-5-8(11)6-10-3-1-7(8)2-4-10;/h7,11H,1-4,6H2;1H. The van der Waals surface area contributed by atoms with Crippen molar-refractivity contribution in [2.75, 3.05) is 19.6 Å². The van der Waals surface area contributed by atoms with Gasteiger partial charge in [-0.3, -0.25) is 4.90 Å². The zero-order valence-corrected chi connectivity index (χ0v) is 7.68. The van der Waals surface area contributed by atoms with Crippen LogP contribution in [0.5, 0.6) is 0 Å². The maximum absolute atomic E-state index is 9.77. The topological polar surface area (TPSA) is 47.3 Å². The molecule has 0 amide bonds. The fourth-order valence-electron chi connectivity index (χ4n) is 2.17. The zero-order valence-electron chi connectivity index (χ0n) is 6.86. The summed E-state index contributed by atoms with van der Waals surface area (Å²) in [6.45, 7) is 2.69. The summed E-state index contributed by atoms with van der Waals surface area (Å²) >= 11 is 0. The number of piperidine rings is 3. The van der Waals surface area contributed by atoms with Gasteiger partial charge in [0.05, 0.1) is 6.07 Å². The van der Waals surface area contributed by atoms with E-state index in [9.17, 15) is 5.11 Å². The van der Waals surface area contributed by atoms with Crippen LogP contribution in [-0.2, 0) is 0 Å². The summed E-state index contributed by atoms with van der Waals surface area (Å²) in [5.74, 6) is 0.234. The second kappa shape index (κ2) is 3.21. The molecule has 1 unspecified atom stereocenters. The monoisotopic (exact) mass is 188 g/mol. The van der Waals surface area contributed by atoms with Gasteiger partial charge in [-0.25, -0.2) is 0 Å². The van der Waals surface area contributed by atoms with E-state index in [2.05, 4.69) is 4.90 Å². The van der Waals surface area contributed by atoms with Crippen molar-refractivity contribution in [3.05, 3.63) is 0 Å². The Labute approximate surface area is 78.4 Å². The first kappa shape index (κ1) is 9.79. The number of hydrogen-bond donors (Lipinski definition) is 1. The minimum absolute atomic E-state index is 0. The molecule has 3 nitrogen and oxygen atoms in total. The fourth-order valence-corrected chi connectivity index (χ4v) is 2.17. The number of nitrogens with zero attached hydrogens (tertiary/aromatic N) is 2. The van der Waals surface area contributed by atoms with Gasteiger partial charge in [0.2, 0.25) is 0 Å². The van der Waals surface area contributed by atoms with E-state index < -0.39 is 5.60 Å². The van der Waals surface area contributed by atoms with Crippen LogP contribution in [0, 0.1) is 17.2 Å². The van der Waals surface area contributed by atoms with Crippen LogP contribution in [-0.4, -0.2) is 35.2 Å². The molecule has 0 spiro atoms. The van der Waals surface area contributed by atoms with Crippen LogP contribution in [0.25, 0.3) is 0 Å². The Bertz CT molecular complexity index is 208. The number of rotatable bonds is 0. The van der Waals surface area contributed by atoms with E-state index in [1.165, 1.54) is 0 Å². The van der Waals surface area contributed by atoms with Crippen molar-refractivity contribution in [1.82, 2.24) is 4.90 Å². The van der Waals surface area contributed by atoms with Crippen LogP contribution >= 0.6 is 12.4 Å². The van der Waals surface area contributed by atoms with E-state index in [1.54, 1.807) is 0 Å². The van der Waals surface area contributed by atoms with Gasteiger partial charge in [-0.1, -0.05) is 0 Å². The van der Waals surface area contributed by atoms with Crippen molar-refractivity contribution >= 4 is 12.4 Å². The highest BCUT2D eigenvalue weighted by Crippen LogP contribution is 2.34. The van der Waals surface area contributed by atoms with Crippen molar-refractivity contribution in [3.8, 4) is 6.07 Å². The molecule has 0 aromatic rings. The number of halogens is 1. The van der Waals surface area contributed by atoms with Crippen molar-refractivity contribution < 1.29 is 5.11 Å². The lowest BCUT2D eigenvalue weighted by Crippen LogP contribution is -2.58. The van der Waals surface area contributed by atoms with Crippen molar-refractivity contribution in [2.45, 2.75) is 18.4 Å². The molecule has 3 rings (SSSR count). The molecule has 0 saturated carbocycles. The Balaban J connectivity index is 0.000000720. The van der Waals surface area contributed by atoms with Crippen LogP contribution in [0.4, 0.5) is 0 Å². The third-order valence-corrected chi connectivity index (χ3v) is 2.92. The van der Waals surface area contributed by atoms with Gasteiger partial charge in [0.1, 0.15) is 0 Å². The van der Waals surface area contributed by atoms with E-state index in [0.717, 1.165) is 25.9 Å². The van der Waals surface area contributed by atoms with E-state index in [1.807, 2.05) is 6.07 Å². The average Bonchev–Trinajstić information content (AvgIpc) is 2.06. The van der Waals surface area contributed by atoms with E-state index in [-0.39, 0.29) is 18.3 Å². The summed E-state index contributed by atoms with van der Waals surface area (Å²) in [4.78, 5) is 2.17. The van der Waals surface area contributed by atoms with Crippen LogP contribution in [0.1, 0.15) is 12.8 Å². The van der Waals surface area contributed by atoms with E-state index in [0.29, 0.717) is 6.54 Å². The summed E-state index contributed by atoms with van der Waals surface area (Å²) in [5.41, 5.74) is -1.03. The highest BCUT2D eigenvalue weighted by molar-refractivity contribution is 5.85.